The number of ether oxygens (including phenoxy) is 1. The Labute approximate surface area is 172 Å². The van der Waals surface area contributed by atoms with Gasteiger partial charge in [-0.1, -0.05) is 60.3 Å². The minimum atomic E-state index is -0.172. The van der Waals surface area contributed by atoms with Gasteiger partial charge < -0.3 is 4.74 Å². The van der Waals surface area contributed by atoms with Crippen LogP contribution in [0.15, 0.2) is 84.1 Å². The van der Waals surface area contributed by atoms with Gasteiger partial charge in [-0.05, 0) is 29.8 Å². The predicted octanol–water partition coefficient (Wildman–Crippen LogP) is 3.99. The third kappa shape index (κ3) is 3.34. The molecule has 1 atom stereocenters. The number of hydrogen-bond acceptors (Lipinski definition) is 5. The van der Waals surface area contributed by atoms with Crippen molar-refractivity contribution >= 4 is 29.0 Å². The summed E-state index contributed by atoms with van der Waals surface area (Å²) >= 11 is 1.39. The molecule has 0 N–H and O–H groups in total. The molecule has 1 aliphatic rings. The van der Waals surface area contributed by atoms with Crippen molar-refractivity contribution in [2.75, 3.05) is 17.3 Å². The molecule has 2 aromatic carbocycles. The van der Waals surface area contributed by atoms with Crippen LogP contribution in [0.5, 0.6) is 5.75 Å². The number of benzene rings is 2. The molecule has 4 aromatic rings. The maximum absolute atomic E-state index is 13.4. The third-order valence-corrected chi connectivity index (χ3v) is 5.82. The maximum atomic E-state index is 13.4. The molecule has 0 saturated heterocycles. The summed E-state index contributed by atoms with van der Waals surface area (Å²) in [7, 11) is 0. The van der Waals surface area contributed by atoms with Crippen molar-refractivity contribution < 1.29 is 9.53 Å². The zero-order valence-electron chi connectivity index (χ0n) is 15.5. The first-order chi connectivity index (χ1) is 14.3. The number of fused-ring (bicyclic) bond motifs is 2. The first-order valence-corrected chi connectivity index (χ1v) is 10.3. The molecule has 6 nitrogen and oxygen atoms in total. The van der Waals surface area contributed by atoms with Crippen LogP contribution in [0.2, 0.25) is 0 Å². The van der Waals surface area contributed by atoms with Gasteiger partial charge in [0.05, 0.1) is 17.5 Å². The summed E-state index contributed by atoms with van der Waals surface area (Å²) in [6, 6.07) is 23.2. The average molecular weight is 402 g/mol. The number of hydrogen-bond donors (Lipinski definition) is 0. The molecule has 0 saturated carbocycles. The predicted molar refractivity (Wildman–Crippen MR) is 112 cm³/mol. The number of nitrogens with zero attached hydrogens (tertiary/aromatic N) is 4. The fraction of sp³-hybridized carbons (Fsp3) is 0.136. The van der Waals surface area contributed by atoms with Crippen LogP contribution >= 0.6 is 11.8 Å². The van der Waals surface area contributed by atoms with Crippen LogP contribution in [0, 0.1) is 0 Å². The van der Waals surface area contributed by atoms with Crippen molar-refractivity contribution in [2.45, 2.75) is 11.2 Å². The Morgan fingerprint density at radius 3 is 2.69 bits per heavy atom. The minimum absolute atomic E-state index is 0.00674. The number of pyridine rings is 1. The number of carbonyl (C=O) groups is 1. The quantitative estimate of drug-likeness (QED) is 0.483. The molecule has 29 heavy (non-hydrogen) atoms. The Morgan fingerprint density at radius 1 is 1.00 bits per heavy atom. The van der Waals surface area contributed by atoms with Gasteiger partial charge in [0.25, 0.3) is 0 Å². The van der Waals surface area contributed by atoms with E-state index in [0.717, 1.165) is 22.6 Å². The van der Waals surface area contributed by atoms with E-state index in [-0.39, 0.29) is 17.7 Å². The Balaban J connectivity index is 1.44. The smallest absolute Gasteiger partial charge is 0.238 e. The van der Waals surface area contributed by atoms with Crippen molar-refractivity contribution in [3.63, 3.8) is 0 Å². The average Bonchev–Trinajstić information content (AvgIpc) is 3.20. The molecule has 144 valence electrons. The summed E-state index contributed by atoms with van der Waals surface area (Å²) in [6.07, 6.45) is 1.90. The van der Waals surface area contributed by atoms with Gasteiger partial charge in [-0.25, -0.2) is 0 Å². The maximum Gasteiger partial charge on any atom is 0.238 e. The molecule has 0 spiro atoms. The van der Waals surface area contributed by atoms with E-state index in [2.05, 4.69) is 10.2 Å². The summed E-state index contributed by atoms with van der Waals surface area (Å²) in [5, 5.41) is 9.07. The fourth-order valence-electron chi connectivity index (χ4n) is 3.53. The zero-order valence-corrected chi connectivity index (χ0v) is 16.3. The van der Waals surface area contributed by atoms with Gasteiger partial charge in [0, 0.05) is 6.20 Å². The van der Waals surface area contributed by atoms with Gasteiger partial charge in [0.2, 0.25) is 5.91 Å². The topological polar surface area (TPSA) is 59.7 Å². The lowest BCUT2D eigenvalue weighted by Gasteiger charge is -2.37. The molecule has 0 unspecified atom stereocenters. The molecule has 3 heterocycles. The van der Waals surface area contributed by atoms with Crippen molar-refractivity contribution in [1.82, 2.24) is 14.6 Å². The monoisotopic (exact) mass is 402 g/mol. The van der Waals surface area contributed by atoms with E-state index >= 15 is 0 Å². The summed E-state index contributed by atoms with van der Waals surface area (Å²) in [4.78, 5) is 15.2. The molecule has 0 bridgehead atoms. The highest BCUT2D eigenvalue weighted by atomic mass is 32.2. The van der Waals surface area contributed by atoms with Crippen LogP contribution in [0.1, 0.15) is 11.6 Å². The van der Waals surface area contributed by atoms with Crippen LogP contribution in [0.3, 0.4) is 0 Å². The third-order valence-electron chi connectivity index (χ3n) is 4.89. The van der Waals surface area contributed by atoms with E-state index in [9.17, 15) is 4.79 Å². The first kappa shape index (κ1) is 17.8. The number of aromatic nitrogens is 3. The summed E-state index contributed by atoms with van der Waals surface area (Å²) in [5.41, 5.74) is 2.61. The SMILES string of the molecule is O=C(CSc1nnc2ccccn12)N1c2ccccc2OC[C@@H]1c1ccccc1. The second-order valence-electron chi connectivity index (χ2n) is 6.67. The second kappa shape index (κ2) is 7.60. The van der Waals surface area contributed by atoms with Crippen molar-refractivity contribution in [3.8, 4) is 5.75 Å². The number of thioether (sulfide) groups is 1. The molecular formula is C22H18N4O2S. The standard InChI is InChI=1S/C22H18N4O2S/c27-21(15-29-22-24-23-20-12-6-7-13-25(20)22)26-17-10-4-5-11-19(17)28-14-18(26)16-8-2-1-3-9-16/h1-13,18H,14-15H2/t18-/m1/s1. The Bertz CT molecular complexity index is 1160. The van der Waals surface area contributed by atoms with Gasteiger partial charge in [-0.3, -0.25) is 14.1 Å². The highest BCUT2D eigenvalue weighted by Gasteiger charge is 2.33. The molecule has 2 aromatic heterocycles. The van der Waals surface area contributed by atoms with E-state index in [1.54, 1.807) is 0 Å². The van der Waals surface area contributed by atoms with Crippen molar-refractivity contribution in [1.29, 1.82) is 0 Å². The van der Waals surface area contributed by atoms with Gasteiger partial charge in [0.1, 0.15) is 12.4 Å². The van der Waals surface area contributed by atoms with E-state index in [1.807, 2.05) is 88.3 Å². The number of amides is 1. The molecule has 1 aliphatic heterocycles. The van der Waals surface area contributed by atoms with E-state index < -0.39 is 0 Å². The minimum Gasteiger partial charge on any atom is -0.489 e. The summed E-state index contributed by atoms with van der Waals surface area (Å²) in [6.45, 7) is 0.422. The van der Waals surface area contributed by atoms with Crippen LogP contribution in [0.25, 0.3) is 5.65 Å². The number of rotatable bonds is 4. The highest BCUT2D eigenvalue weighted by molar-refractivity contribution is 7.99. The fourth-order valence-corrected chi connectivity index (χ4v) is 4.32. The second-order valence-corrected chi connectivity index (χ2v) is 7.61. The molecule has 5 rings (SSSR count). The molecular weight excluding hydrogens is 384 g/mol. The van der Waals surface area contributed by atoms with E-state index in [4.69, 9.17) is 4.74 Å². The van der Waals surface area contributed by atoms with Gasteiger partial charge in [-0.2, -0.15) is 0 Å². The number of para-hydroxylation sites is 2. The van der Waals surface area contributed by atoms with Gasteiger partial charge in [0.15, 0.2) is 10.8 Å². The van der Waals surface area contributed by atoms with Crippen LogP contribution in [0.4, 0.5) is 5.69 Å². The Morgan fingerprint density at radius 2 is 1.79 bits per heavy atom. The lowest BCUT2D eigenvalue weighted by atomic mass is 10.0. The normalized spacial score (nSPS) is 15.7. The molecule has 0 fully saturated rings. The molecule has 0 aliphatic carbocycles. The van der Waals surface area contributed by atoms with Crippen LogP contribution < -0.4 is 9.64 Å². The Kier molecular flexibility index (Phi) is 4.65. The number of anilines is 1. The van der Waals surface area contributed by atoms with E-state index in [1.165, 1.54) is 11.8 Å². The Hall–Kier alpha value is -3.32. The van der Waals surface area contributed by atoms with Gasteiger partial charge in [-0.15, -0.1) is 10.2 Å². The zero-order chi connectivity index (χ0) is 19.6. The molecule has 7 heteroatoms. The first-order valence-electron chi connectivity index (χ1n) is 9.32. The van der Waals surface area contributed by atoms with Crippen molar-refractivity contribution in [2.24, 2.45) is 0 Å². The lowest BCUT2D eigenvalue weighted by Crippen LogP contribution is -2.42. The molecule has 1 amide bonds. The largest absolute Gasteiger partial charge is 0.489 e. The highest BCUT2D eigenvalue weighted by Crippen LogP contribution is 2.39. The van der Waals surface area contributed by atoms with Crippen molar-refractivity contribution in [3.05, 3.63) is 84.6 Å². The van der Waals surface area contributed by atoms with Crippen LogP contribution in [-0.2, 0) is 4.79 Å². The van der Waals surface area contributed by atoms with Gasteiger partial charge >= 0.3 is 0 Å². The van der Waals surface area contributed by atoms with E-state index in [0.29, 0.717) is 11.8 Å². The summed E-state index contributed by atoms with van der Waals surface area (Å²) < 4.78 is 7.84. The van der Waals surface area contributed by atoms with Crippen LogP contribution in [-0.4, -0.2) is 32.9 Å². The molecule has 0 radical (unpaired) electrons. The summed E-state index contributed by atoms with van der Waals surface area (Å²) in [5.74, 6) is 0.992. The number of carbonyl (C=O) groups excluding carboxylic acids is 1. The lowest BCUT2D eigenvalue weighted by molar-refractivity contribution is -0.117.